The first-order valence-corrected chi connectivity index (χ1v) is 6.19. The molecular formula is C12H17I. The minimum absolute atomic E-state index is 0.666. The maximum absolute atomic E-state index is 2.56. The molecule has 2 unspecified atom stereocenters. The third-order valence-electron chi connectivity index (χ3n) is 2.36. The molecule has 2 atom stereocenters. The first-order chi connectivity index (χ1) is 6.25. The van der Waals surface area contributed by atoms with Crippen LogP contribution in [0, 0.1) is 5.92 Å². The van der Waals surface area contributed by atoms with E-state index in [1.807, 2.05) is 0 Å². The minimum atomic E-state index is 0.666. The van der Waals surface area contributed by atoms with E-state index < -0.39 is 0 Å². The molecule has 1 heteroatoms. The summed E-state index contributed by atoms with van der Waals surface area (Å²) in [5.74, 6) is 0.785. The fourth-order valence-electron chi connectivity index (χ4n) is 1.57. The van der Waals surface area contributed by atoms with Crippen LogP contribution in [0.15, 0.2) is 30.3 Å². The second-order valence-corrected chi connectivity index (χ2v) is 4.92. The predicted molar refractivity (Wildman–Crippen MR) is 67.3 cm³/mol. The predicted octanol–water partition coefficient (Wildman–Crippen LogP) is 4.60. The lowest BCUT2D eigenvalue weighted by Gasteiger charge is -2.17. The van der Waals surface area contributed by atoms with Crippen LogP contribution in [0.25, 0.3) is 0 Å². The normalized spacial score (nSPS) is 15.3. The number of alkyl halides is 1. The number of benzene rings is 1. The van der Waals surface area contributed by atoms with Crippen molar-refractivity contribution in [1.29, 1.82) is 0 Å². The monoisotopic (exact) mass is 288 g/mol. The van der Waals surface area contributed by atoms with Gasteiger partial charge in [0.1, 0.15) is 0 Å². The van der Waals surface area contributed by atoms with E-state index in [1.54, 1.807) is 0 Å². The van der Waals surface area contributed by atoms with E-state index in [4.69, 9.17) is 0 Å². The molecule has 0 aromatic heterocycles. The summed E-state index contributed by atoms with van der Waals surface area (Å²) in [4.78, 5) is 0. The third kappa shape index (κ3) is 3.29. The van der Waals surface area contributed by atoms with Crippen LogP contribution in [-0.2, 0) is 0 Å². The molecule has 0 saturated carbocycles. The summed E-state index contributed by atoms with van der Waals surface area (Å²) in [6, 6.07) is 10.8. The van der Waals surface area contributed by atoms with Crippen molar-refractivity contribution in [2.45, 2.75) is 30.6 Å². The highest BCUT2D eigenvalue weighted by Gasteiger charge is 2.14. The summed E-state index contributed by atoms with van der Waals surface area (Å²) in [6.07, 6.45) is 2.61. The summed E-state index contributed by atoms with van der Waals surface area (Å²) >= 11 is 2.56. The van der Waals surface area contributed by atoms with Crippen LogP contribution in [0.4, 0.5) is 0 Å². The van der Waals surface area contributed by atoms with Crippen LogP contribution in [0.1, 0.15) is 36.2 Å². The molecule has 1 aromatic rings. The van der Waals surface area contributed by atoms with Gasteiger partial charge in [-0.3, -0.25) is 0 Å². The van der Waals surface area contributed by atoms with Gasteiger partial charge in [-0.05, 0) is 17.9 Å². The van der Waals surface area contributed by atoms with Crippen LogP contribution < -0.4 is 0 Å². The minimum Gasteiger partial charge on any atom is -0.0771 e. The maximum Gasteiger partial charge on any atom is 0.0385 e. The largest absolute Gasteiger partial charge is 0.0771 e. The quantitative estimate of drug-likeness (QED) is 0.561. The van der Waals surface area contributed by atoms with Gasteiger partial charge >= 0.3 is 0 Å². The molecule has 0 heterocycles. The van der Waals surface area contributed by atoms with Crippen LogP contribution in [0.2, 0.25) is 0 Å². The molecule has 0 spiro atoms. The van der Waals surface area contributed by atoms with Gasteiger partial charge in [-0.2, -0.15) is 0 Å². The maximum atomic E-state index is 2.56. The molecule has 0 nitrogen and oxygen atoms in total. The molecule has 0 aliphatic heterocycles. The SMILES string of the molecule is CCCC(C)C(I)c1ccccc1. The van der Waals surface area contributed by atoms with Gasteiger partial charge in [0.05, 0.1) is 0 Å². The molecule has 1 rings (SSSR count). The Morgan fingerprint density at radius 3 is 2.38 bits per heavy atom. The second-order valence-electron chi connectivity index (χ2n) is 3.58. The van der Waals surface area contributed by atoms with Gasteiger partial charge in [-0.25, -0.2) is 0 Å². The smallest absolute Gasteiger partial charge is 0.0385 e. The Bertz CT molecular complexity index is 230. The van der Waals surface area contributed by atoms with Crippen LogP contribution >= 0.6 is 22.6 Å². The molecule has 0 aliphatic carbocycles. The van der Waals surface area contributed by atoms with Crippen molar-refractivity contribution < 1.29 is 0 Å². The molecule has 13 heavy (non-hydrogen) atoms. The van der Waals surface area contributed by atoms with Gasteiger partial charge in [0.15, 0.2) is 0 Å². The standard InChI is InChI=1S/C12H17I/c1-3-7-10(2)12(13)11-8-5-4-6-9-11/h4-6,8-10,12H,3,7H2,1-2H3. The molecule has 0 fully saturated rings. The van der Waals surface area contributed by atoms with Crippen molar-refractivity contribution >= 4 is 22.6 Å². The zero-order chi connectivity index (χ0) is 9.68. The van der Waals surface area contributed by atoms with Crippen molar-refractivity contribution in [3.05, 3.63) is 35.9 Å². The number of hydrogen-bond acceptors (Lipinski definition) is 0. The highest BCUT2D eigenvalue weighted by Crippen LogP contribution is 2.33. The highest BCUT2D eigenvalue weighted by molar-refractivity contribution is 14.1. The first kappa shape index (κ1) is 11.0. The van der Waals surface area contributed by atoms with Crippen molar-refractivity contribution in [1.82, 2.24) is 0 Å². The summed E-state index contributed by atoms with van der Waals surface area (Å²) in [6.45, 7) is 4.60. The Kier molecular flexibility index (Phi) is 4.78. The molecule has 0 radical (unpaired) electrons. The first-order valence-electron chi connectivity index (χ1n) is 4.94. The molecule has 72 valence electrons. The second kappa shape index (κ2) is 5.63. The average Bonchev–Trinajstić information content (AvgIpc) is 2.18. The Labute approximate surface area is 94.9 Å². The van der Waals surface area contributed by atoms with Crippen LogP contribution in [-0.4, -0.2) is 0 Å². The van der Waals surface area contributed by atoms with E-state index in [0.717, 1.165) is 5.92 Å². The Morgan fingerprint density at radius 2 is 1.85 bits per heavy atom. The molecule has 0 N–H and O–H groups in total. The van der Waals surface area contributed by atoms with E-state index >= 15 is 0 Å². The molecule has 0 amide bonds. The molecule has 0 bridgehead atoms. The van der Waals surface area contributed by atoms with Crippen molar-refractivity contribution in [3.63, 3.8) is 0 Å². The third-order valence-corrected chi connectivity index (χ3v) is 4.31. The van der Waals surface area contributed by atoms with Gasteiger partial charge < -0.3 is 0 Å². The van der Waals surface area contributed by atoms with Gasteiger partial charge in [0.25, 0.3) is 0 Å². The number of halogens is 1. The van der Waals surface area contributed by atoms with E-state index in [0.29, 0.717) is 3.92 Å². The fraction of sp³-hybridized carbons (Fsp3) is 0.500. The van der Waals surface area contributed by atoms with Crippen molar-refractivity contribution in [3.8, 4) is 0 Å². The molecule has 0 saturated heterocycles. The Balaban J connectivity index is 2.62. The lowest BCUT2D eigenvalue weighted by molar-refractivity contribution is 0.525. The zero-order valence-electron chi connectivity index (χ0n) is 8.33. The van der Waals surface area contributed by atoms with Crippen molar-refractivity contribution in [2.75, 3.05) is 0 Å². The lowest BCUT2D eigenvalue weighted by Crippen LogP contribution is -2.02. The van der Waals surface area contributed by atoms with Gasteiger partial charge in [0.2, 0.25) is 0 Å². The average molecular weight is 288 g/mol. The summed E-state index contributed by atoms with van der Waals surface area (Å²) in [7, 11) is 0. The van der Waals surface area contributed by atoms with Crippen LogP contribution in [0.3, 0.4) is 0 Å². The summed E-state index contributed by atoms with van der Waals surface area (Å²) in [5.41, 5.74) is 1.46. The number of hydrogen-bond donors (Lipinski definition) is 0. The Hall–Kier alpha value is -0.0500. The van der Waals surface area contributed by atoms with E-state index in [1.165, 1.54) is 18.4 Å². The van der Waals surface area contributed by atoms with Crippen LogP contribution in [0.5, 0.6) is 0 Å². The molecule has 0 aliphatic rings. The topological polar surface area (TPSA) is 0 Å². The summed E-state index contributed by atoms with van der Waals surface area (Å²) in [5, 5.41) is 0. The zero-order valence-corrected chi connectivity index (χ0v) is 10.5. The van der Waals surface area contributed by atoms with E-state index in [9.17, 15) is 0 Å². The molecule has 1 aromatic carbocycles. The van der Waals surface area contributed by atoms with Gasteiger partial charge in [-0.15, -0.1) is 0 Å². The molecular weight excluding hydrogens is 271 g/mol. The van der Waals surface area contributed by atoms with Crippen molar-refractivity contribution in [2.24, 2.45) is 5.92 Å². The fourth-order valence-corrected chi connectivity index (χ4v) is 2.34. The van der Waals surface area contributed by atoms with E-state index in [-0.39, 0.29) is 0 Å². The Morgan fingerprint density at radius 1 is 1.23 bits per heavy atom. The summed E-state index contributed by atoms with van der Waals surface area (Å²) < 4.78 is 0.666. The highest BCUT2D eigenvalue weighted by atomic mass is 127. The number of rotatable bonds is 4. The lowest BCUT2D eigenvalue weighted by atomic mass is 9.97. The van der Waals surface area contributed by atoms with E-state index in [2.05, 4.69) is 66.8 Å². The van der Waals surface area contributed by atoms with Gasteiger partial charge in [0, 0.05) is 3.92 Å². The van der Waals surface area contributed by atoms with Gasteiger partial charge in [-0.1, -0.05) is 73.2 Å².